The van der Waals surface area contributed by atoms with Crippen LogP contribution >= 0.6 is 0 Å². The van der Waals surface area contributed by atoms with Gasteiger partial charge in [0.25, 0.3) is 0 Å². The maximum absolute atomic E-state index is 10.9. The first-order valence-electron chi connectivity index (χ1n) is 6.04. The van der Waals surface area contributed by atoms with E-state index in [1.165, 1.54) is 12.7 Å². The van der Waals surface area contributed by atoms with Gasteiger partial charge in [-0.3, -0.25) is 4.79 Å². The van der Waals surface area contributed by atoms with Crippen molar-refractivity contribution in [1.29, 1.82) is 0 Å². The van der Waals surface area contributed by atoms with Crippen LogP contribution in [0.4, 0.5) is 0 Å². The van der Waals surface area contributed by atoms with Crippen molar-refractivity contribution in [1.82, 2.24) is 5.32 Å². The first kappa shape index (κ1) is 12.6. The maximum atomic E-state index is 10.9. The van der Waals surface area contributed by atoms with E-state index in [9.17, 15) is 4.79 Å². The molecule has 0 fully saturated rings. The Morgan fingerprint density at radius 1 is 1.33 bits per heavy atom. The molecule has 0 saturated carbocycles. The Balaban J connectivity index is 1.78. The third kappa shape index (κ3) is 3.11. The predicted octanol–water partition coefficient (Wildman–Crippen LogP) is 2.13. The predicted molar refractivity (Wildman–Crippen MR) is 69.4 cm³/mol. The summed E-state index contributed by atoms with van der Waals surface area (Å²) in [4.78, 5) is 10.9. The van der Waals surface area contributed by atoms with Gasteiger partial charge in [-0.1, -0.05) is 18.2 Å². The zero-order valence-corrected chi connectivity index (χ0v) is 10.4. The van der Waals surface area contributed by atoms with Crippen LogP contribution < -0.4 is 5.32 Å². The molecule has 2 aromatic rings. The average Bonchev–Trinajstić information content (AvgIpc) is 2.81. The molecule has 0 aliphatic rings. The Kier molecular flexibility index (Phi) is 4.36. The number of esters is 1. The van der Waals surface area contributed by atoms with Crippen LogP contribution in [-0.2, 0) is 16.0 Å². The van der Waals surface area contributed by atoms with Gasteiger partial charge in [0.05, 0.1) is 19.8 Å². The van der Waals surface area contributed by atoms with E-state index in [2.05, 4.69) is 16.1 Å². The van der Waals surface area contributed by atoms with Gasteiger partial charge in [0.15, 0.2) is 0 Å². The smallest absolute Gasteiger partial charge is 0.306 e. The van der Waals surface area contributed by atoms with E-state index in [1.807, 2.05) is 18.2 Å². The third-order valence-electron chi connectivity index (χ3n) is 2.87. The first-order valence-corrected chi connectivity index (χ1v) is 6.04. The molecule has 2 rings (SSSR count). The van der Waals surface area contributed by atoms with Gasteiger partial charge >= 0.3 is 5.97 Å². The molecule has 1 heterocycles. The normalized spacial score (nSPS) is 10.7. The number of benzene rings is 1. The zero-order valence-electron chi connectivity index (χ0n) is 10.4. The van der Waals surface area contributed by atoms with E-state index in [1.54, 1.807) is 6.26 Å². The molecular weight excluding hydrogens is 230 g/mol. The van der Waals surface area contributed by atoms with Gasteiger partial charge < -0.3 is 14.5 Å². The summed E-state index contributed by atoms with van der Waals surface area (Å²) in [6.45, 7) is 1.46. The van der Waals surface area contributed by atoms with E-state index in [4.69, 9.17) is 4.42 Å². The molecular formula is C14H17NO3. The highest BCUT2D eigenvalue weighted by Gasteiger charge is 2.04. The van der Waals surface area contributed by atoms with Crippen LogP contribution in [0.25, 0.3) is 11.0 Å². The molecule has 4 heteroatoms. The molecule has 0 aliphatic carbocycles. The van der Waals surface area contributed by atoms with E-state index < -0.39 is 0 Å². The van der Waals surface area contributed by atoms with Crippen LogP contribution in [0.5, 0.6) is 0 Å². The van der Waals surface area contributed by atoms with Crippen molar-refractivity contribution in [3.05, 3.63) is 36.1 Å². The summed E-state index contributed by atoms with van der Waals surface area (Å²) >= 11 is 0. The minimum absolute atomic E-state index is 0.184. The monoisotopic (exact) mass is 247 g/mol. The lowest BCUT2D eigenvalue weighted by molar-refractivity contribution is -0.140. The number of para-hydroxylation sites is 1. The van der Waals surface area contributed by atoms with Crippen molar-refractivity contribution in [3.8, 4) is 0 Å². The Labute approximate surface area is 106 Å². The van der Waals surface area contributed by atoms with Gasteiger partial charge in [-0.2, -0.15) is 0 Å². The van der Waals surface area contributed by atoms with Crippen LogP contribution in [0.2, 0.25) is 0 Å². The summed E-state index contributed by atoms with van der Waals surface area (Å²) in [5.41, 5.74) is 2.11. The van der Waals surface area contributed by atoms with Gasteiger partial charge in [-0.05, 0) is 24.6 Å². The fourth-order valence-corrected chi connectivity index (χ4v) is 1.87. The summed E-state index contributed by atoms with van der Waals surface area (Å²) in [6, 6.07) is 7.99. The molecule has 4 nitrogen and oxygen atoms in total. The summed E-state index contributed by atoms with van der Waals surface area (Å²) in [7, 11) is 1.40. The second kappa shape index (κ2) is 6.21. The molecule has 96 valence electrons. The summed E-state index contributed by atoms with van der Waals surface area (Å²) in [5, 5.41) is 4.37. The molecule has 0 bridgehead atoms. The second-order valence-electron chi connectivity index (χ2n) is 4.08. The number of ether oxygens (including phenoxy) is 1. The van der Waals surface area contributed by atoms with Crippen molar-refractivity contribution in [2.24, 2.45) is 0 Å². The maximum Gasteiger partial charge on any atom is 0.306 e. The number of nitrogens with one attached hydrogen (secondary N) is 1. The van der Waals surface area contributed by atoms with E-state index in [0.717, 1.165) is 23.9 Å². The Morgan fingerprint density at radius 3 is 3.00 bits per heavy atom. The van der Waals surface area contributed by atoms with E-state index >= 15 is 0 Å². The Bertz CT molecular complexity index is 518. The van der Waals surface area contributed by atoms with Crippen LogP contribution in [0.3, 0.4) is 0 Å². The number of fused-ring (bicyclic) bond motifs is 1. The van der Waals surface area contributed by atoms with Crippen molar-refractivity contribution in [2.75, 3.05) is 20.2 Å². The van der Waals surface area contributed by atoms with Crippen molar-refractivity contribution in [2.45, 2.75) is 12.8 Å². The Morgan fingerprint density at radius 2 is 2.17 bits per heavy atom. The number of furan rings is 1. The molecule has 0 saturated heterocycles. The number of carbonyl (C=O) groups excluding carboxylic acids is 1. The lowest BCUT2D eigenvalue weighted by atomic mass is 10.1. The fraction of sp³-hybridized carbons (Fsp3) is 0.357. The average molecular weight is 247 g/mol. The first-order chi connectivity index (χ1) is 8.81. The van der Waals surface area contributed by atoms with E-state index in [-0.39, 0.29) is 5.97 Å². The summed E-state index contributed by atoms with van der Waals surface area (Å²) in [5.74, 6) is -0.184. The minimum Gasteiger partial charge on any atom is -0.469 e. The van der Waals surface area contributed by atoms with Gasteiger partial charge in [-0.25, -0.2) is 0 Å². The molecule has 0 aliphatic heterocycles. The molecule has 1 aromatic carbocycles. The van der Waals surface area contributed by atoms with Crippen LogP contribution in [-0.4, -0.2) is 26.2 Å². The topological polar surface area (TPSA) is 51.5 Å². The van der Waals surface area contributed by atoms with Crippen molar-refractivity contribution < 1.29 is 13.9 Å². The number of carbonyl (C=O) groups is 1. The standard InChI is InChI=1S/C14H17NO3/c1-17-14(16)7-9-15-8-6-11-10-18-13-5-3-2-4-12(11)13/h2-5,10,15H,6-9H2,1H3. The lowest BCUT2D eigenvalue weighted by Gasteiger charge is -2.02. The lowest BCUT2D eigenvalue weighted by Crippen LogP contribution is -2.21. The molecule has 1 aromatic heterocycles. The second-order valence-corrected chi connectivity index (χ2v) is 4.08. The quantitative estimate of drug-likeness (QED) is 0.627. The van der Waals surface area contributed by atoms with Gasteiger partial charge in [0.2, 0.25) is 0 Å². The largest absolute Gasteiger partial charge is 0.469 e. The zero-order chi connectivity index (χ0) is 12.8. The van der Waals surface area contributed by atoms with Gasteiger partial charge in [-0.15, -0.1) is 0 Å². The molecule has 0 atom stereocenters. The van der Waals surface area contributed by atoms with Gasteiger partial charge in [0.1, 0.15) is 5.58 Å². The molecule has 0 spiro atoms. The minimum atomic E-state index is -0.184. The van der Waals surface area contributed by atoms with Crippen LogP contribution in [0.1, 0.15) is 12.0 Å². The molecule has 18 heavy (non-hydrogen) atoms. The highest BCUT2D eigenvalue weighted by molar-refractivity contribution is 5.80. The van der Waals surface area contributed by atoms with Crippen LogP contribution in [0.15, 0.2) is 34.9 Å². The molecule has 0 amide bonds. The van der Waals surface area contributed by atoms with Crippen molar-refractivity contribution >= 4 is 16.9 Å². The molecule has 0 radical (unpaired) electrons. The Hall–Kier alpha value is -1.81. The van der Waals surface area contributed by atoms with Gasteiger partial charge in [0, 0.05) is 11.9 Å². The number of rotatable bonds is 6. The number of hydrogen-bond donors (Lipinski definition) is 1. The number of methoxy groups -OCH3 is 1. The SMILES string of the molecule is COC(=O)CCNCCc1coc2ccccc12. The summed E-state index contributed by atoms with van der Waals surface area (Å²) in [6.07, 6.45) is 3.09. The molecule has 1 N–H and O–H groups in total. The van der Waals surface area contributed by atoms with Crippen molar-refractivity contribution in [3.63, 3.8) is 0 Å². The fourth-order valence-electron chi connectivity index (χ4n) is 1.87. The highest BCUT2D eigenvalue weighted by Crippen LogP contribution is 2.20. The number of hydrogen-bond acceptors (Lipinski definition) is 4. The molecule has 0 unspecified atom stereocenters. The van der Waals surface area contributed by atoms with Crippen LogP contribution in [0, 0.1) is 0 Å². The highest BCUT2D eigenvalue weighted by atomic mass is 16.5. The van der Waals surface area contributed by atoms with E-state index in [0.29, 0.717) is 13.0 Å². The third-order valence-corrected chi connectivity index (χ3v) is 2.87. The summed E-state index contributed by atoms with van der Waals surface area (Å²) < 4.78 is 10.0.